The molecule has 1 heterocycles. The van der Waals surface area contributed by atoms with Gasteiger partial charge in [0, 0.05) is 6.10 Å². The first kappa shape index (κ1) is 35.5. The van der Waals surface area contributed by atoms with Gasteiger partial charge in [0.05, 0.1) is 11.2 Å². The molecular weight excluding hydrogens is 555 g/mol. The van der Waals surface area contributed by atoms with Crippen LogP contribution in [-0.4, -0.2) is 32.7 Å². The Kier molecular flexibility index (Phi) is 9.62. The SMILES string of the molecule is CC(C)CCC[C@@H](C)[C@H]1CC[C@H]2[C@@H]3C[C@H](B4OC(C)(C)C(C)(C)O4)[C@H]4C[C@H](O[Si](C)(C)C(C)(C)C)CC[C@]4(C)[C@H]3CC[C@]12C. The highest BCUT2D eigenvalue weighted by atomic mass is 28.4. The Bertz CT molecular complexity index is 1000. The molecule has 0 spiro atoms. The van der Waals surface area contributed by atoms with Crippen molar-refractivity contribution in [2.24, 2.45) is 52.3 Å². The van der Waals surface area contributed by atoms with E-state index in [1.54, 1.807) is 0 Å². The smallest absolute Gasteiger partial charge is 0.414 e. The summed E-state index contributed by atoms with van der Waals surface area (Å²) in [6.07, 6.45) is 15.4. The van der Waals surface area contributed by atoms with E-state index < -0.39 is 8.32 Å². The fraction of sp³-hybridized carbons (Fsp3) is 1.00. The van der Waals surface area contributed by atoms with Gasteiger partial charge in [-0.1, -0.05) is 74.7 Å². The molecule has 0 N–H and O–H groups in total. The lowest BCUT2D eigenvalue weighted by atomic mass is 9.38. The molecule has 5 fully saturated rings. The molecule has 5 aliphatic rings. The topological polar surface area (TPSA) is 27.7 Å². The van der Waals surface area contributed by atoms with Crippen LogP contribution in [0, 0.1) is 52.3 Å². The van der Waals surface area contributed by atoms with Crippen molar-refractivity contribution in [3.63, 3.8) is 0 Å². The summed E-state index contributed by atoms with van der Waals surface area (Å²) in [4.78, 5) is 0. The first-order chi connectivity index (χ1) is 20.1. The van der Waals surface area contributed by atoms with E-state index in [0.717, 1.165) is 35.5 Å². The molecular formula is C39H73BO3Si. The summed E-state index contributed by atoms with van der Waals surface area (Å²) in [5.74, 6) is 6.16. The van der Waals surface area contributed by atoms with Crippen LogP contribution in [0.1, 0.15) is 154 Å². The summed E-state index contributed by atoms with van der Waals surface area (Å²) >= 11 is 0. The minimum absolute atomic E-state index is 0.0998. The number of rotatable bonds is 8. The molecule has 10 atom stereocenters. The van der Waals surface area contributed by atoms with E-state index >= 15 is 0 Å². The van der Waals surface area contributed by atoms with E-state index in [9.17, 15) is 0 Å². The molecule has 5 heteroatoms. The van der Waals surface area contributed by atoms with E-state index in [0.29, 0.717) is 28.7 Å². The van der Waals surface area contributed by atoms with E-state index in [4.69, 9.17) is 13.7 Å². The maximum absolute atomic E-state index is 7.20. The third-order valence-corrected chi connectivity index (χ3v) is 20.3. The highest BCUT2D eigenvalue weighted by molar-refractivity contribution is 6.74. The van der Waals surface area contributed by atoms with Gasteiger partial charge in [-0.15, -0.1) is 0 Å². The number of hydrogen-bond acceptors (Lipinski definition) is 3. The molecule has 1 aliphatic heterocycles. The van der Waals surface area contributed by atoms with E-state index in [1.165, 1.54) is 70.6 Å². The Morgan fingerprint density at radius 2 is 1.36 bits per heavy atom. The van der Waals surface area contributed by atoms with Crippen LogP contribution in [0.15, 0.2) is 0 Å². The molecule has 0 unspecified atom stereocenters. The van der Waals surface area contributed by atoms with Crippen molar-refractivity contribution >= 4 is 15.4 Å². The fourth-order valence-electron chi connectivity index (χ4n) is 11.5. The molecule has 4 aliphatic carbocycles. The van der Waals surface area contributed by atoms with E-state index in [1.807, 2.05) is 0 Å². The van der Waals surface area contributed by atoms with Crippen molar-refractivity contribution in [1.82, 2.24) is 0 Å². The van der Waals surface area contributed by atoms with Crippen LogP contribution in [0.25, 0.3) is 0 Å². The van der Waals surface area contributed by atoms with Crippen molar-refractivity contribution in [3.05, 3.63) is 0 Å². The average Bonchev–Trinajstić information content (AvgIpc) is 3.34. The minimum Gasteiger partial charge on any atom is -0.414 e. The van der Waals surface area contributed by atoms with Crippen LogP contribution in [0.2, 0.25) is 23.9 Å². The van der Waals surface area contributed by atoms with Crippen LogP contribution in [-0.2, 0) is 13.7 Å². The summed E-state index contributed by atoms with van der Waals surface area (Å²) in [6.45, 7) is 33.9. The van der Waals surface area contributed by atoms with Gasteiger partial charge in [-0.3, -0.25) is 0 Å². The zero-order chi connectivity index (χ0) is 32.7. The van der Waals surface area contributed by atoms with Gasteiger partial charge in [-0.25, -0.2) is 0 Å². The summed E-state index contributed by atoms with van der Waals surface area (Å²) < 4.78 is 21.1. The maximum Gasteiger partial charge on any atom is 0.461 e. The molecule has 0 aromatic heterocycles. The fourth-order valence-corrected chi connectivity index (χ4v) is 12.9. The second-order valence-corrected chi connectivity index (χ2v) is 25.1. The summed E-state index contributed by atoms with van der Waals surface area (Å²) in [6, 6.07) is 0. The molecule has 4 saturated carbocycles. The van der Waals surface area contributed by atoms with Crippen LogP contribution >= 0.6 is 0 Å². The van der Waals surface area contributed by atoms with Gasteiger partial charge in [-0.2, -0.15) is 0 Å². The zero-order valence-corrected chi connectivity index (χ0v) is 32.8. The lowest BCUT2D eigenvalue weighted by Gasteiger charge is -2.64. The Hall–Kier alpha value is 0.162. The molecule has 5 rings (SSSR count). The molecule has 0 amide bonds. The second kappa shape index (κ2) is 11.9. The Balaban J connectivity index is 1.43. The third-order valence-electron chi connectivity index (χ3n) is 15.8. The van der Waals surface area contributed by atoms with Gasteiger partial charge >= 0.3 is 7.12 Å². The lowest BCUT2D eigenvalue weighted by molar-refractivity contribution is -0.130. The van der Waals surface area contributed by atoms with Gasteiger partial charge in [0.25, 0.3) is 0 Å². The molecule has 0 aromatic carbocycles. The van der Waals surface area contributed by atoms with Crippen molar-refractivity contribution in [3.8, 4) is 0 Å². The predicted molar refractivity (Wildman–Crippen MR) is 190 cm³/mol. The second-order valence-electron chi connectivity index (χ2n) is 20.3. The van der Waals surface area contributed by atoms with Gasteiger partial charge in [-0.05, 0) is 155 Å². The molecule has 1 saturated heterocycles. The van der Waals surface area contributed by atoms with Crippen LogP contribution < -0.4 is 0 Å². The van der Waals surface area contributed by atoms with Gasteiger partial charge in [0.2, 0.25) is 0 Å². The van der Waals surface area contributed by atoms with Gasteiger partial charge < -0.3 is 13.7 Å². The van der Waals surface area contributed by atoms with Crippen LogP contribution in [0.3, 0.4) is 0 Å². The summed E-state index contributed by atoms with van der Waals surface area (Å²) in [5, 5.41) is 0.245. The van der Waals surface area contributed by atoms with Crippen molar-refractivity contribution in [2.75, 3.05) is 0 Å². The monoisotopic (exact) mass is 629 g/mol. The third kappa shape index (κ3) is 6.11. The Morgan fingerprint density at radius 1 is 0.773 bits per heavy atom. The van der Waals surface area contributed by atoms with Crippen LogP contribution in [0.5, 0.6) is 0 Å². The molecule has 0 bridgehead atoms. The molecule has 0 aromatic rings. The maximum atomic E-state index is 7.20. The predicted octanol–water partition coefficient (Wildman–Crippen LogP) is 11.6. The highest BCUT2D eigenvalue weighted by Crippen LogP contribution is 2.71. The Morgan fingerprint density at radius 3 is 1.95 bits per heavy atom. The van der Waals surface area contributed by atoms with E-state index in [-0.39, 0.29) is 23.4 Å². The van der Waals surface area contributed by atoms with E-state index in [2.05, 4.69) is 96.2 Å². The first-order valence-corrected chi connectivity index (χ1v) is 22.1. The van der Waals surface area contributed by atoms with Crippen molar-refractivity contribution < 1.29 is 13.7 Å². The molecule has 0 radical (unpaired) electrons. The standard InChI is InChI=1S/C39H73BO3Si/c1-26(2)16-15-17-27(3)30-18-19-31-29-25-34(40-42-36(7,8)37(9,10)43-40)33-24-28(41-44(13,14)35(4,5)6)20-22-39(33,12)32(29)21-23-38(30,31)11/h26-34H,15-25H2,1-14H3/t27-,28-,29+,30-,31+,32+,33-,34+,38-,39-/m1/s1. The summed E-state index contributed by atoms with van der Waals surface area (Å²) in [5.41, 5.74) is 0.306. The quantitative estimate of drug-likeness (QED) is 0.250. The summed E-state index contributed by atoms with van der Waals surface area (Å²) in [7, 11) is -1.93. The Labute approximate surface area is 275 Å². The highest BCUT2D eigenvalue weighted by Gasteiger charge is 2.66. The minimum atomic E-state index is -1.83. The van der Waals surface area contributed by atoms with Gasteiger partial charge in [0.1, 0.15) is 0 Å². The zero-order valence-electron chi connectivity index (χ0n) is 31.8. The first-order valence-electron chi connectivity index (χ1n) is 19.2. The van der Waals surface area contributed by atoms with Gasteiger partial charge in [0.15, 0.2) is 8.32 Å². The van der Waals surface area contributed by atoms with Crippen molar-refractivity contribution in [1.29, 1.82) is 0 Å². The molecule has 3 nitrogen and oxygen atoms in total. The average molecular weight is 629 g/mol. The largest absolute Gasteiger partial charge is 0.461 e. The molecule has 44 heavy (non-hydrogen) atoms. The lowest BCUT2D eigenvalue weighted by Crippen LogP contribution is -2.58. The molecule has 254 valence electrons. The number of fused-ring (bicyclic) bond motifs is 5. The van der Waals surface area contributed by atoms with Crippen LogP contribution in [0.4, 0.5) is 0 Å². The number of hydrogen-bond donors (Lipinski definition) is 0. The van der Waals surface area contributed by atoms with Crippen molar-refractivity contribution in [2.45, 2.75) is 195 Å². The normalized spacial score (nSPS) is 42.6.